The van der Waals surface area contributed by atoms with Gasteiger partial charge in [0, 0.05) is 36.4 Å². The van der Waals surface area contributed by atoms with E-state index in [1.54, 1.807) is 18.9 Å². The Balaban J connectivity index is 1.78. The molecule has 0 radical (unpaired) electrons. The summed E-state index contributed by atoms with van der Waals surface area (Å²) in [7, 11) is 1.69. The minimum Gasteiger partial charge on any atom is -0.493 e. The Morgan fingerprint density at radius 1 is 1.16 bits per heavy atom. The predicted molar refractivity (Wildman–Crippen MR) is 104 cm³/mol. The molecule has 2 rings (SSSR count). The third kappa shape index (κ3) is 5.65. The number of Topliss-reactive ketones (excluding diaryl/α,β-unsaturated/α-hetero) is 1. The molecule has 0 fully saturated rings. The molecule has 0 aliphatic heterocycles. The van der Waals surface area contributed by atoms with E-state index >= 15 is 0 Å². The molecular formula is C20H27NO3S. The van der Waals surface area contributed by atoms with E-state index in [9.17, 15) is 4.79 Å². The van der Waals surface area contributed by atoms with Crippen LogP contribution in [0.15, 0.2) is 30.3 Å². The van der Waals surface area contributed by atoms with Gasteiger partial charge in [-0.1, -0.05) is 12.1 Å². The Morgan fingerprint density at radius 3 is 2.68 bits per heavy atom. The second-order valence-electron chi connectivity index (χ2n) is 6.07. The van der Waals surface area contributed by atoms with Gasteiger partial charge in [0.05, 0.1) is 19.0 Å². The Morgan fingerprint density at radius 2 is 1.96 bits per heavy atom. The van der Waals surface area contributed by atoms with Crippen molar-refractivity contribution in [2.24, 2.45) is 0 Å². The van der Waals surface area contributed by atoms with Crippen molar-refractivity contribution in [2.45, 2.75) is 27.3 Å². The lowest BCUT2D eigenvalue weighted by molar-refractivity contribution is 0.102. The van der Waals surface area contributed by atoms with Crippen LogP contribution in [0.2, 0.25) is 0 Å². The molecule has 0 N–H and O–H groups in total. The Labute approximate surface area is 154 Å². The molecular weight excluding hydrogens is 334 g/mol. The highest BCUT2D eigenvalue weighted by Gasteiger charge is 2.15. The number of ether oxygens (including phenoxy) is 2. The normalized spacial score (nSPS) is 10.9. The zero-order chi connectivity index (χ0) is 18.2. The predicted octanol–water partition coefficient (Wildman–Crippen LogP) is 4.05. The summed E-state index contributed by atoms with van der Waals surface area (Å²) in [5, 5.41) is 0. The van der Waals surface area contributed by atoms with E-state index in [1.807, 2.05) is 51.1 Å². The summed E-state index contributed by atoms with van der Waals surface area (Å²) in [6, 6.07) is 9.99. The lowest BCUT2D eigenvalue weighted by Crippen LogP contribution is -2.10. The van der Waals surface area contributed by atoms with Crippen LogP contribution in [-0.2, 0) is 11.3 Å². The average molecular weight is 362 g/mol. The second kappa shape index (κ2) is 9.68. The van der Waals surface area contributed by atoms with E-state index in [0.29, 0.717) is 19.0 Å². The molecule has 0 unspecified atom stereocenters. The fraction of sp³-hybridized carbons (Fsp3) is 0.450. The molecule has 0 atom stereocenters. The molecule has 25 heavy (non-hydrogen) atoms. The van der Waals surface area contributed by atoms with E-state index < -0.39 is 0 Å². The zero-order valence-corrected chi connectivity index (χ0v) is 16.3. The summed E-state index contributed by atoms with van der Waals surface area (Å²) in [5.41, 5.74) is 4.13. The quantitative estimate of drug-likeness (QED) is 0.473. The van der Waals surface area contributed by atoms with Gasteiger partial charge in [-0.15, -0.1) is 0 Å². The standard InChI is InChI=1S/C20H27NO3S/c1-15-6-5-7-18(12-15)24-10-11-25-14-20(22)19-13-16(2)21(17(19)3)8-9-23-4/h5-7,12-13H,8-11,14H2,1-4H3. The molecule has 136 valence electrons. The molecule has 0 aliphatic carbocycles. The molecule has 1 heterocycles. The number of thioether (sulfide) groups is 1. The molecule has 4 nitrogen and oxygen atoms in total. The molecule has 0 saturated heterocycles. The molecule has 2 aromatic rings. The third-order valence-corrected chi connectivity index (χ3v) is 5.03. The van der Waals surface area contributed by atoms with Crippen molar-refractivity contribution < 1.29 is 14.3 Å². The maximum atomic E-state index is 12.5. The first kappa shape index (κ1) is 19.6. The van der Waals surface area contributed by atoms with Crippen molar-refractivity contribution in [3.05, 3.63) is 52.8 Å². The van der Waals surface area contributed by atoms with Crippen molar-refractivity contribution >= 4 is 17.5 Å². The lowest BCUT2D eigenvalue weighted by Gasteiger charge is -2.09. The van der Waals surface area contributed by atoms with Crippen molar-refractivity contribution in [1.82, 2.24) is 4.57 Å². The van der Waals surface area contributed by atoms with E-state index in [0.717, 1.165) is 35.0 Å². The SMILES string of the molecule is COCCn1c(C)cc(C(=O)CSCCOc2cccc(C)c2)c1C. The molecule has 1 aromatic carbocycles. The Kier molecular flexibility index (Phi) is 7.59. The number of ketones is 1. The van der Waals surface area contributed by atoms with Gasteiger partial charge in [0.15, 0.2) is 5.78 Å². The summed E-state index contributed by atoms with van der Waals surface area (Å²) < 4.78 is 13.0. The fourth-order valence-electron chi connectivity index (χ4n) is 2.78. The average Bonchev–Trinajstić information content (AvgIpc) is 2.87. The van der Waals surface area contributed by atoms with Crippen LogP contribution in [0, 0.1) is 20.8 Å². The molecule has 0 amide bonds. The summed E-state index contributed by atoms with van der Waals surface area (Å²) >= 11 is 1.61. The smallest absolute Gasteiger partial charge is 0.174 e. The van der Waals surface area contributed by atoms with Crippen LogP contribution >= 0.6 is 11.8 Å². The van der Waals surface area contributed by atoms with E-state index in [-0.39, 0.29) is 5.78 Å². The first-order valence-corrected chi connectivity index (χ1v) is 9.64. The van der Waals surface area contributed by atoms with Crippen LogP contribution in [0.4, 0.5) is 0 Å². The third-order valence-electron chi connectivity index (χ3n) is 4.11. The van der Waals surface area contributed by atoms with Gasteiger partial charge in [0.2, 0.25) is 0 Å². The van der Waals surface area contributed by atoms with Gasteiger partial charge >= 0.3 is 0 Å². The number of methoxy groups -OCH3 is 1. The molecule has 0 saturated carbocycles. The molecule has 5 heteroatoms. The largest absolute Gasteiger partial charge is 0.493 e. The van der Waals surface area contributed by atoms with Gasteiger partial charge in [0.1, 0.15) is 5.75 Å². The van der Waals surface area contributed by atoms with Gasteiger partial charge < -0.3 is 14.0 Å². The van der Waals surface area contributed by atoms with E-state index in [1.165, 1.54) is 5.56 Å². The highest BCUT2D eigenvalue weighted by molar-refractivity contribution is 8.00. The summed E-state index contributed by atoms with van der Waals surface area (Å²) in [6.45, 7) is 8.11. The topological polar surface area (TPSA) is 40.5 Å². The highest BCUT2D eigenvalue weighted by atomic mass is 32.2. The van der Waals surface area contributed by atoms with Gasteiger partial charge in [-0.05, 0) is 44.5 Å². The van der Waals surface area contributed by atoms with Gasteiger partial charge in [-0.2, -0.15) is 11.8 Å². The molecule has 0 spiro atoms. The zero-order valence-electron chi connectivity index (χ0n) is 15.5. The number of carbonyl (C=O) groups is 1. The van der Waals surface area contributed by atoms with E-state index in [4.69, 9.17) is 9.47 Å². The number of aryl methyl sites for hydroxylation is 2. The van der Waals surface area contributed by atoms with Crippen LogP contribution in [0.1, 0.15) is 27.3 Å². The van der Waals surface area contributed by atoms with Gasteiger partial charge in [-0.3, -0.25) is 4.79 Å². The summed E-state index contributed by atoms with van der Waals surface area (Å²) in [6.07, 6.45) is 0. The van der Waals surface area contributed by atoms with Crippen molar-refractivity contribution in [3.63, 3.8) is 0 Å². The first-order chi connectivity index (χ1) is 12.0. The number of hydrogen-bond acceptors (Lipinski definition) is 4. The fourth-order valence-corrected chi connectivity index (χ4v) is 3.46. The highest BCUT2D eigenvalue weighted by Crippen LogP contribution is 2.18. The summed E-state index contributed by atoms with van der Waals surface area (Å²) in [5.74, 6) is 2.33. The van der Waals surface area contributed by atoms with Crippen LogP contribution in [0.5, 0.6) is 5.75 Å². The van der Waals surface area contributed by atoms with Crippen molar-refractivity contribution in [2.75, 3.05) is 31.8 Å². The Hall–Kier alpha value is -1.72. The number of nitrogens with zero attached hydrogens (tertiary/aromatic N) is 1. The minimum atomic E-state index is 0.178. The number of hydrogen-bond donors (Lipinski definition) is 0. The van der Waals surface area contributed by atoms with E-state index in [2.05, 4.69) is 4.57 Å². The second-order valence-corrected chi connectivity index (χ2v) is 7.18. The maximum absolute atomic E-state index is 12.5. The van der Waals surface area contributed by atoms with Gasteiger partial charge in [-0.25, -0.2) is 0 Å². The summed E-state index contributed by atoms with van der Waals surface area (Å²) in [4.78, 5) is 12.5. The molecule has 1 aromatic heterocycles. The number of benzene rings is 1. The van der Waals surface area contributed by atoms with Crippen LogP contribution < -0.4 is 4.74 Å². The molecule has 0 aliphatic rings. The number of rotatable bonds is 10. The lowest BCUT2D eigenvalue weighted by atomic mass is 10.2. The van der Waals surface area contributed by atoms with Crippen LogP contribution in [-0.4, -0.2) is 42.2 Å². The molecule has 0 bridgehead atoms. The van der Waals surface area contributed by atoms with Gasteiger partial charge in [0.25, 0.3) is 0 Å². The first-order valence-electron chi connectivity index (χ1n) is 8.49. The Bertz CT molecular complexity index is 709. The van der Waals surface area contributed by atoms with Crippen LogP contribution in [0.3, 0.4) is 0 Å². The minimum absolute atomic E-state index is 0.178. The van der Waals surface area contributed by atoms with Crippen molar-refractivity contribution in [1.29, 1.82) is 0 Å². The maximum Gasteiger partial charge on any atom is 0.174 e. The monoisotopic (exact) mass is 361 g/mol. The number of aromatic nitrogens is 1. The van der Waals surface area contributed by atoms with Crippen LogP contribution in [0.25, 0.3) is 0 Å². The van der Waals surface area contributed by atoms with Crippen molar-refractivity contribution in [3.8, 4) is 5.75 Å². The number of carbonyl (C=O) groups excluding carboxylic acids is 1.